The largest absolute Gasteiger partial charge is 0.434 e. The summed E-state index contributed by atoms with van der Waals surface area (Å²) in [7, 11) is 0. The molecule has 0 atom stereocenters. The van der Waals surface area contributed by atoms with E-state index in [0.717, 1.165) is 9.26 Å². The minimum Gasteiger partial charge on any atom is -0.434 e. The van der Waals surface area contributed by atoms with E-state index >= 15 is 0 Å². The molecule has 2 nitrogen and oxygen atoms in total. The molecular formula is C14H12F2INO. The topological polar surface area (TPSA) is 21.3 Å². The van der Waals surface area contributed by atoms with Gasteiger partial charge >= 0.3 is 6.61 Å². The molecule has 0 spiro atoms. The molecule has 0 bridgehead atoms. The number of para-hydroxylation sites is 2. The van der Waals surface area contributed by atoms with E-state index in [2.05, 4.69) is 32.6 Å². The summed E-state index contributed by atoms with van der Waals surface area (Å²) >= 11 is 2.22. The van der Waals surface area contributed by atoms with E-state index in [-0.39, 0.29) is 5.75 Å². The van der Waals surface area contributed by atoms with Crippen molar-refractivity contribution in [2.75, 3.05) is 5.32 Å². The third-order valence-electron chi connectivity index (χ3n) is 2.53. The standard InChI is InChI=1S/C14H12F2INO/c15-14(16)19-13-8-4-1-5-10(13)9-18-12-7-3-2-6-11(12)17/h1-8,14,18H,9H2. The molecule has 0 unspecified atom stereocenters. The predicted molar refractivity (Wildman–Crippen MR) is 79.6 cm³/mol. The van der Waals surface area contributed by atoms with E-state index in [1.807, 2.05) is 24.3 Å². The number of anilines is 1. The van der Waals surface area contributed by atoms with Crippen molar-refractivity contribution in [1.82, 2.24) is 0 Å². The van der Waals surface area contributed by atoms with Gasteiger partial charge in [-0.2, -0.15) is 8.78 Å². The van der Waals surface area contributed by atoms with E-state index in [4.69, 9.17) is 0 Å². The maximum Gasteiger partial charge on any atom is 0.387 e. The van der Waals surface area contributed by atoms with Crippen LogP contribution >= 0.6 is 22.6 Å². The Kier molecular flexibility index (Phi) is 4.95. The molecule has 5 heteroatoms. The lowest BCUT2D eigenvalue weighted by atomic mass is 10.2. The lowest BCUT2D eigenvalue weighted by Crippen LogP contribution is -2.07. The van der Waals surface area contributed by atoms with Crippen LogP contribution in [0.15, 0.2) is 48.5 Å². The van der Waals surface area contributed by atoms with Gasteiger partial charge in [-0.05, 0) is 40.8 Å². The number of ether oxygens (including phenoxy) is 1. The SMILES string of the molecule is FC(F)Oc1ccccc1CNc1ccccc1I. The summed E-state index contributed by atoms with van der Waals surface area (Å²) in [5.41, 5.74) is 1.66. The summed E-state index contributed by atoms with van der Waals surface area (Å²) in [6.45, 7) is -2.37. The monoisotopic (exact) mass is 375 g/mol. The third kappa shape index (κ3) is 4.05. The second kappa shape index (κ2) is 6.70. The zero-order valence-corrected chi connectivity index (χ0v) is 12.1. The molecule has 0 aliphatic carbocycles. The maximum atomic E-state index is 12.3. The van der Waals surface area contributed by atoms with Crippen LogP contribution in [0.4, 0.5) is 14.5 Å². The van der Waals surface area contributed by atoms with Gasteiger partial charge in [0.15, 0.2) is 0 Å². The van der Waals surface area contributed by atoms with Crippen molar-refractivity contribution in [3.05, 3.63) is 57.7 Å². The van der Waals surface area contributed by atoms with Crippen LogP contribution in [0.2, 0.25) is 0 Å². The van der Waals surface area contributed by atoms with Gasteiger partial charge in [-0.3, -0.25) is 0 Å². The minimum atomic E-state index is -2.81. The Balaban J connectivity index is 2.09. The van der Waals surface area contributed by atoms with Crippen LogP contribution in [0.5, 0.6) is 5.75 Å². The molecule has 0 saturated carbocycles. The van der Waals surface area contributed by atoms with Gasteiger partial charge in [0.2, 0.25) is 0 Å². The number of benzene rings is 2. The number of halogens is 3. The summed E-state index contributed by atoms with van der Waals surface area (Å²) < 4.78 is 30.1. The molecule has 0 heterocycles. The van der Waals surface area contributed by atoms with Crippen molar-refractivity contribution in [1.29, 1.82) is 0 Å². The Hall–Kier alpha value is -1.37. The highest BCUT2D eigenvalue weighted by Gasteiger charge is 2.09. The summed E-state index contributed by atoms with van der Waals surface area (Å²) in [6, 6.07) is 14.6. The van der Waals surface area contributed by atoms with Gasteiger partial charge in [-0.15, -0.1) is 0 Å². The lowest BCUT2D eigenvalue weighted by molar-refractivity contribution is -0.0504. The van der Waals surface area contributed by atoms with Crippen molar-refractivity contribution in [2.45, 2.75) is 13.2 Å². The molecule has 0 aliphatic rings. The van der Waals surface area contributed by atoms with Crippen molar-refractivity contribution < 1.29 is 13.5 Å². The van der Waals surface area contributed by atoms with Crippen LogP contribution in [0.25, 0.3) is 0 Å². The highest BCUT2D eigenvalue weighted by Crippen LogP contribution is 2.23. The van der Waals surface area contributed by atoms with Crippen LogP contribution in [-0.2, 0) is 6.54 Å². The smallest absolute Gasteiger partial charge is 0.387 e. The molecule has 0 radical (unpaired) electrons. The van der Waals surface area contributed by atoms with E-state index in [1.54, 1.807) is 24.3 Å². The van der Waals surface area contributed by atoms with Gasteiger partial charge in [-0.1, -0.05) is 30.3 Å². The van der Waals surface area contributed by atoms with Gasteiger partial charge in [0.05, 0.1) is 0 Å². The number of alkyl halides is 2. The summed E-state index contributed by atoms with van der Waals surface area (Å²) in [6.07, 6.45) is 0. The Labute approximate surface area is 123 Å². The molecule has 2 aromatic rings. The van der Waals surface area contributed by atoms with Gasteiger partial charge in [0, 0.05) is 21.4 Å². The molecule has 0 saturated heterocycles. The highest BCUT2D eigenvalue weighted by molar-refractivity contribution is 14.1. The average Bonchev–Trinajstić information content (AvgIpc) is 2.39. The fourth-order valence-electron chi connectivity index (χ4n) is 1.66. The number of hydrogen-bond donors (Lipinski definition) is 1. The van der Waals surface area contributed by atoms with E-state index < -0.39 is 6.61 Å². The van der Waals surface area contributed by atoms with Gasteiger partial charge in [0.1, 0.15) is 5.75 Å². The first-order valence-corrected chi connectivity index (χ1v) is 6.76. The molecule has 100 valence electrons. The molecule has 0 aromatic heterocycles. The summed E-state index contributed by atoms with van der Waals surface area (Å²) in [5, 5.41) is 3.21. The molecule has 2 aromatic carbocycles. The van der Waals surface area contributed by atoms with Crippen molar-refractivity contribution in [2.24, 2.45) is 0 Å². The van der Waals surface area contributed by atoms with Crippen LogP contribution in [0, 0.1) is 3.57 Å². The number of rotatable bonds is 5. The normalized spacial score (nSPS) is 10.5. The fourth-order valence-corrected chi connectivity index (χ4v) is 2.23. The number of hydrogen-bond acceptors (Lipinski definition) is 2. The zero-order valence-electron chi connectivity index (χ0n) is 9.95. The summed E-state index contributed by atoms with van der Waals surface area (Å²) in [5.74, 6) is 0.205. The van der Waals surface area contributed by atoms with Gasteiger partial charge in [-0.25, -0.2) is 0 Å². The Morgan fingerprint density at radius 2 is 1.74 bits per heavy atom. The molecule has 1 N–H and O–H groups in total. The van der Waals surface area contributed by atoms with E-state index in [1.165, 1.54) is 0 Å². The lowest BCUT2D eigenvalue weighted by Gasteiger charge is -2.12. The molecule has 2 rings (SSSR count). The summed E-state index contributed by atoms with van der Waals surface area (Å²) in [4.78, 5) is 0. The van der Waals surface area contributed by atoms with Crippen molar-refractivity contribution in [3.8, 4) is 5.75 Å². The Morgan fingerprint density at radius 1 is 1.05 bits per heavy atom. The maximum absolute atomic E-state index is 12.3. The molecule has 0 amide bonds. The van der Waals surface area contributed by atoms with Crippen molar-refractivity contribution >= 4 is 28.3 Å². The predicted octanol–water partition coefficient (Wildman–Crippen LogP) is 4.50. The Morgan fingerprint density at radius 3 is 2.47 bits per heavy atom. The van der Waals surface area contributed by atoms with Crippen LogP contribution in [0.1, 0.15) is 5.56 Å². The second-order valence-electron chi connectivity index (χ2n) is 3.82. The molecule has 0 aliphatic heterocycles. The van der Waals surface area contributed by atoms with Crippen molar-refractivity contribution in [3.63, 3.8) is 0 Å². The first-order valence-electron chi connectivity index (χ1n) is 5.68. The third-order valence-corrected chi connectivity index (χ3v) is 3.47. The van der Waals surface area contributed by atoms with E-state index in [9.17, 15) is 8.78 Å². The van der Waals surface area contributed by atoms with E-state index in [0.29, 0.717) is 12.1 Å². The van der Waals surface area contributed by atoms with Crippen LogP contribution in [-0.4, -0.2) is 6.61 Å². The van der Waals surface area contributed by atoms with Gasteiger partial charge < -0.3 is 10.1 Å². The minimum absolute atomic E-state index is 0.205. The first-order chi connectivity index (χ1) is 9.16. The Bertz CT molecular complexity index is 548. The van der Waals surface area contributed by atoms with Crippen LogP contribution < -0.4 is 10.1 Å². The quantitative estimate of drug-likeness (QED) is 0.777. The number of nitrogens with one attached hydrogen (secondary N) is 1. The second-order valence-corrected chi connectivity index (χ2v) is 4.98. The first kappa shape index (κ1) is 14.0. The zero-order chi connectivity index (χ0) is 13.7. The molecule has 0 fully saturated rings. The van der Waals surface area contributed by atoms with Crippen LogP contribution in [0.3, 0.4) is 0 Å². The fraction of sp³-hybridized carbons (Fsp3) is 0.143. The van der Waals surface area contributed by atoms with Gasteiger partial charge in [0.25, 0.3) is 0 Å². The molecule has 19 heavy (non-hydrogen) atoms. The highest BCUT2D eigenvalue weighted by atomic mass is 127. The molecular weight excluding hydrogens is 363 g/mol. The average molecular weight is 375 g/mol.